The van der Waals surface area contributed by atoms with Crippen molar-refractivity contribution in [3.63, 3.8) is 0 Å². The number of carbonyl (C=O) groups excluding carboxylic acids is 1. The Morgan fingerprint density at radius 1 is 1.15 bits per heavy atom. The second kappa shape index (κ2) is 7.98. The van der Waals surface area contributed by atoms with Crippen molar-refractivity contribution in [3.8, 4) is 0 Å². The minimum absolute atomic E-state index is 0.0233. The molecule has 1 saturated heterocycles. The topological polar surface area (TPSA) is 75.7 Å². The molecular weight excluding hydrogens is 388 g/mol. The zero-order valence-corrected chi connectivity index (χ0v) is 16.7. The molecule has 144 valence electrons. The number of rotatable bonds is 4. The molecule has 1 heterocycles. The van der Waals surface area contributed by atoms with E-state index >= 15 is 0 Å². The second-order valence-electron chi connectivity index (χ2n) is 6.36. The maximum Gasteiger partial charge on any atom is 0.255 e. The van der Waals surface area contributed by atoms with Gasteiger partial charge < -0.3 is 10.1 Å². The third kappa shape index (κ3) is 4.16. The van der Waals surface area contributed by atoms with Crippen LogP contribution in [0.1, 0.15) is 21.5 Å². The van der Waals surface area contributed by atoms with Gasteiger partial charge in [0, 0.05) is 24.3 Å². The summed E-state index contributed by atoms with van der Waals surface area (Å²) in [7, 11) is -3.76. The van der Waals surface area contributed by atoms with Crippen molar-refractivity contribution in [3.05, 3.63) is 58.1 Å². The number of halogens is 1. The summed E-state index contributed by atoms with van der Waals surface area (Å²) in [5.41, 5.74) is 2.80. The molecule has 2 aromatic carbocycles. The number of nitrogens with zero attached hydrogens (tertiary/aromatic N) is 1. The Morgan fingerprint density at radius 3 is 2.56 bits per heavy atom. The predicted octanol–water partition coefficient (Wildman–Crippen LogP) is 3.23. The average molecular weight is 409 g/mol. The van der Waals surface area contributed by atoms with E-state index in [0.29, 0.717) is 24.5 Å². The van der Waals surface area contributed by atoms with E-state index in [9.17, 15) is 13.2 Å². The summed E-state index contributed by atoms with van der Waals surface area (Å²) in [6.07, 6.45) is 0. The van der Waals surface area contributed by atoms with Crippen molar-refractivity contribution < 1.29 is 17.9 Å². The van der Waals surface area contributed by atoms with Crippen molar-refractivity contribution in [2.24, 2.45) is 0 Å². The Balaban J connectivity index is 1.89. The van der Waals surface area contributed by atoms with Crippen LogP contribution in [0, 0.1) is 13.8 Å². The molecule has 0 aromatic heterocycles. The van der Waals surface area contributed by atoms with Crippen molar-refractivity contribution in [2.45, 2.75) is 18.7 Å². The number of benzene rings is 2. The van der Waals surface area contributed by atoms with E-state index in [1.807, 2.05) is 26.0 Å². The lowest BCUT2D eigenvalue weighted by Gasteiger charge is -2.26. The molecule has 1 aliphatic rings. The summed E-state index contributed by atoms with van der Waals surface area (Å²) in [4.78, 5) is 12.6. The molecule has 8 heteroatoms. The fraction of sp³-hybridized carbons (Fsp3) is 0.316. The van der Waals surface area contributed by atoms with Crippen molar-refractivity contribution >= 4 is 33.2 Å². The first-order chi connectivity index (χ1) is 12.8. The van der Waals surface area contributed by atoms with Gasteiger partial charge in [-0.25, -0.2) is 8.42 Å². The number of morpholine rings is 1. The van der Waals surface area contributed by atoms with Crippen LogP contribution in [0.2, 0.25) is 5.02 Å². The van der Waals surface area contributed by atoms with Gasteiger partial charge in [0.2, 0.25) is 10.0 Å². The molecule has 0 aliphatic carbocycles. The van der Waals surface area contributed by atoms with Crippen LogP contribution in [-0.4, -0.2) is 44.9 Å². The monoisotopic (exact) mass is 408 g/mol. The smallest absolute Gasteiger partial charge is 0.255 e. The fourth-order valence-corrected chi connectivity index (χ4v) is 4.81. The number of hydrogen-bond acceptors (Lipinski definition) is 4. The SMILES string of the molecule is Cc1cccc(C(=O)Nc2ccc(Cl)c(S(=O)(=O)N3CCOCC3)c2)c1C. The van der Waals surface area contributed by atoms with Crippen LogP contribution in [0.4, 0.5) is 5.69 Å². The normalized spacial score (nSPS) is 15.5. The van der Waals surface area contributed by atoms with Gasteiger partial charge in [0.1, 0.15) is 4.90 Å². The Morgan fingerprint density at radius 2 is 1.85 bits per heavy atom. The van der Waals surface area contributed by atoms with E-state index in [4.69, 9.17) is 16.3 Å². The molecule has 1 aliphatic heterocycles. The number of amides is 1. The molecule has 0 radical (unpaired) electrons. The van der Waals surface area contributed by atoms with E-state index in [1.54, 1.807) is 12.1 Å². The molecule has 1 amide bonds. The standard InChI is InChI=1S/C19H21ClN2O4S/c1-13-4-3-5-16(14(13)2)19(23)21-15-6-7-17(20)18(12-15)27(24,25)22-8-10-26-11-9-22/h3-7,12H,8-11H2,1-2H3,(H,21,23). The van der Waals surface area contributed by atoms with E-state index in [1.165, 1.54) is 16.4 Å². The zero-order valence-electron chi connectivity index (χ0n) is 15.2. The predicted molar refractivity (Wildman–Crippen MR) is 105 cm³/mol. The van der Waals surface area contributed by atoms with Crippen molar-refractivity contribution in [2.75, 3.05) is 31.6 Å². The zero-order chi connectivity index (χ0) is 19.6. The van der Waals surface area contributed by atoms with Gasteiger partial charge in [-0.3, -0.25) is 4.79 Å². The summed E-state index contributed by atoms with van der Waals surface area (Å²) >= 11 is 6.15. The number of aryl methyl sites for hydroxylation is 1. The van der Waals surface area contributed by atoms with Gasteiger partial charge >= 0.3 is 0 Å². The number of nitrogens with one attached hydrogen (secondary N) is 1. The first kappa shape index (κ1) is 19.8. The highest BCUT2D eigenvalue weighted by Crippen LogP contribution is 2.28. The number of hydrogen-bond donors (Lipinski definition) is 1. The maximum atomic E-state index is 12.9. The Kier molecular flexibility index (Phi) is 5.86. The highest BCUT2D eigenvalue weighted by molar-refractivity contribution is 7.89. The van der Waals surface area contributed by atoms with Gasteiger partial charge in [-0.1, -0.05) is 23.7 Å². The van der Waals surface area contributed by atoms with Gasteiger partial charge in [-0.2, -0.15) is 4.31 Å². The largest absolute Gasteiger partial charge is 0.379 e. The van der Waals surface area contributed by atoms with Gasteiger partial charge in [-0.15, -0.1) is 0 Å². The van der Waals surface area contributed by atoms with Crippen LogP contribution in [0.15, 0.2) is 41.3 Å². The lowest BCUT2D eigenvalue weighted by atomic mass is 10.0. The molecule has 0 saturated carbocycles. The van der Waals surface area contributed by atoms with Gasteiger partial charge in [-0.05, 0) is 49.2 Å². The van der Waals surface area contributed by atoms with Crippen LogP contribution in [0.3, 0.4) is 0 Å². The molecule has 3 rings (SSSR count). The Hall–Kier alpha value is -1.93. The quantitative estimate of drug-likeness (QED) is 0.842. The van der Waals surface area contributed by atoms with Crippen LogP contribution in [0.5, 0.6) is 0 Å². The minimum Gasteiger partial charge on any atom is -0.379 e. The van der Waals surface area contributed by atoms with Crippen molar-refractivity contribution in [1.29, 1.82) is 0 Å². The summed E-state index contributed by atoms with van der Waals surface area (Å²) in [5.74, 6) is -0.298. The van der Waals surface area contributed by atoms with Crippen LogP contribution >= 0.6 is 11.6 Å². The third-order valence-electron chi connectivity index (χ3n) is 4.63. The van der Waals surface area contributed by atoms with Gasteiger partial charge in [0.25, 0.3) is 5.91 Å². The minimum atomic E-state index is -3.76. The molecule has 2 aromatic rings. The van der Waals surface area contributed by atoms with E-state index < -0.39 is 10.0 Å². The van der Waals surface area contributed by atoms with E-state index in [2.05, 4.69) is 5.32 Å². The molecule has 0 unspecified atom stereocenters. The summed E-state index contributed by atoms with van der Waals surface area (Å²) < 4.78 is 32.3. The van der Waals surface area contributed by atoms with E-state index in [-0.39, 0.29) is 28.9 Å². The molecule has 0 spiro atoms. The first-order valence-electron chi connectivity index (χ1n) is 8.55. The van der Waals surface area contributed by atoms with Crippen LogP contribution < -0.4 is 5.32 Å². The highest BCUT2D eigenvalue weighted by Gasteiger charge is 2.28. The summed E-state index contributed by atoms with van der Waals surface area (Å²) in [6, 6.07) is 9.95. The molecular formula is C19H21ClN2O4S. The fourth-order valence-electron chi connectivity index (χ4n) is 2.90. The van der Waals surface area contributed by atoms with Crippen molar-refractivity contribution in [1.82, 2.24) is 4.31 Å². The number of ether oxygens (including phenoxy) is 1. The Bertz CT molecular complexity index is 970. The summed E-state index contributed by atoms with van der Waals surface area (Å²) in [5, 5.41) is 2.88. The van der Waals surface area contributed by atoms with Crippen LogP contribution in [-0.2, 0) is 14.8 Å². The number of sulfonamides is 1. The maximum absolute atomic E-state index is 12.9. The van der Waals surface area contributed by atoms with Gasteiger partial charge in [0.15, 0.2) is 0 Å². The number of anilines is 1. The molecule has 0 atom stereocenters. The Labute approximate surface area is 164 Å². The lowest BCUT2D eigenvalue weighted by molar-refractivity contribution is 0.0730. The highest BCUT2D eigenvalue weighted by atomic mass is 35.5. The van der Waals surface area contributed by atoms with Crippen LogP contribution in [0.25, 0.3) is 0 Å². The molecule has 6 nitrogen and oxygen atoms in total. The van der Waals surface area contributed by atoms with Gasteiger partial charge in [0.05, 0.1) is 18.2 Å². The lowest BCUT2D eigenvalue weighted by Crippen LogP contribution is -2.40. The second-order valence-corrected chi connectivity index (χ2v) is 8.68. The van der Waals surface area contributed by atoms with E-state index in [0.717, 1.165) is 11.1 Å². The molecule has 1 fully saturated rings. The average Bonchev–Trinajstić information content (AvgIpc) is 2.66. The first-order valence-corrected chi connectivity index (χ1v) is 10.4. The molecule has 0 bridgehead atoms. The molecule has 27 heavy (non-hydrogen) atoms. The summed E-state index contributed by atoms with van der Waals surface area (Å²) in [6.45, 7) is 5.05. The number of carbonyl (C=O) groups is 1. The third-order valence-corrected chi connectivity index (χ3v) is 7.01. The molecule has 1 N–H and O–H groups in total.